The predicted octanol–water partition coefficient (Wildman–Crippen LogP) is 1.94. The summed E-state index contributed by atoms with van der Waals surface area (Å²) in [5, 5.41) is 0. The van der Waals surface area contributed by atoms with Gasteiger partial charge in [-0.1, -0.05) is 19.9 Å². The van der Waals surface area contributed by atoms with Crippen LogP contribution in [0, 0.1) is 0 Å². The molecule has 1 aromatic heterocycles. The zero-order valence-corrected chi connectivity index (χ0v) is 9.35. The van der Waals surface area contributed by atoms with E-state index in [9.17, 15) is 4.79 Å². The number of hydrogen-bond donors (Lipinski definition) is 0. The maximum atomic E-state index is 10.3. The van der Waals surface area contributed by atoms with Crippen molar-refractivity contribution in [3.8, 4) is 0 Å². The van der Waals surface area contributed by atoms with Crippen molar-refractivity contribution in [1.82, 2.24) is 9.55 Å². The second kappa shape index (κ2) is 8.99. The lowest BCUT2D eigenvalue weighted by Crippen LogP contribution is -2.00. The van der Waals surface area contributed by atoms with Crippen LogP contribution in [0.1, 0.15) is 19.8 Å². The standard InChI is InChI=1S/C7H12O2.C4H6N2/c1-3-5-6-9-7(8)4-2;1-6-3-2-5-4-6/h4H,2-3,5-6H2,1H3;2-4H,1H3. The first-order chi connectivity index (χ1) is 7.20. The SMILES string of the molecule is C=CC(=O)OCCCC.Cn1ccnc1. The van der Waals surface area contributed by atoms with Gasteiger partial charge in [0, 0.05) is 25.5 Å². The normalized spacial score (nSPS) is 8.67. The number of nitrogens with zero attached hydrogens (tertiary/aromatic N) is 2. The summed E-state index contributed by atoms with van der Waals surface area (Å²) in [6.45, 7) is 5.82. The summed E-state index contributed by atoms with van der Waals surface area (Å²) >= 11 is 0. The summed E-state index contributed by atoms with van der Waals surface area (Å²) in [7, 11) is 1.94. The monoisotopic (exact) mass is 210 g/mol. The molecule has 0 aliphatic rings. The largest absolute Gasteiger partial charge is 0.463 e. The van der Waals surface area contributed by atoms with Crippen LogP contribution in [0.2, 0.25) is 0 Å². The minimum atomic E-state index is -0.330. The number of esters is 1. The van der Waals surface area contributed by atoms with Crippen LogP contribution in [0.25, 0.3) is 0 Å². The minimum absolute atomic E-state index is 0.330. The van der Waals surface area contributed by atoms with Crippen LogP contribution in [0.15, 0.2) is 31.4 Å². The van der Waals surface area contributed by atoms with Gasteiger partial charge in [-0.3, -0.25) is 0 Å². The molecular weight excluding hydrogens is 192 g/mol. The quantitative estimate of drug-likeness (QED) is 0.433. The molecule has 0 unspecified atom stereocenters. The molecule has 4 heteroatoms. The Bertz CT molecular complexity index is 268. The van der Waals surface area contributed by atoms with E-state index in [4.69, 9.17) is 0 Å². The summed E-state index contributed by atoms with van der Waals surface area (Å²) in [5.41, 5.74) is 0. The fourth-order valence-corrected chi connectivity index (χ4v) is 0.702. The van der Waals surface area contributed by atoms with Gasteiger partial charge in [-0.15, -0.1) is 0 Å². The van der Waals surface area contributed by atoms with Gasteiger partial charge in [0.1, 0.15) is 0 Å². The van der Waals surface area contributed by atoms with Crippen molar-refractivity contribution in [3.05, 3.63) is 31.4 Å². The van der Waals surface area contributed by atoms with Gasteiger partial charge in [0.15, 0.2) is 0 Å². The first kappa shape index (κ1) is 13.4. The highest BCUT2D eigenvalue weighted by atomic mass is 16.5. The Hall–Kier alpha value is -1.58. The summed E-state index contributed by atoms with van der Waals surface area (Å²) in [6.07, 6.45) is 8.54. The average Bonchev–Trinajstić information content (AvgIpc) is 2.70. The molecule has 0 saturated carbocycles. The molecule has 1 aromatic rings. The average molecular weight is 210 g/mol. The van der Waals surface area contributed by atoms with Crippen molar-refractivity contribution in [3.63, 3.8) is 0 Å². The lowest BCUT2D eigenvalue weighted by atomic mass is 10.4. The van der Waals surface area contributed by atoms with Gasteiger partial charge in [0.2, 0.25) is 0 Å². The Balaban J connectivity index is 0.000000280. The van der Waals surface area contributed by atoms with Crippen LogP contribution in [-0.2, 0) is 16.6 Å². The summed E-state index contributed by atoms with van der Waals surface area (Å²) < 4.78 is 6.56. The molecule has 0 aliphatic carbocycles. The van der Waals surface area contributed by atoms with E-state index in [1.54, 1.807) is 12.5 Å². The molecule has 0 radical (unpaired) electrons. The second-order valence-electron chi connectivity index (χ2n) is 2.95. The fourth-order valence-electron chi connectivity index (χ4n) is 0.702. The van der Waals surface area contributed by atoms with Crippen molar-refractivity contribution in [2.75, 3.05) is 6.61 Å². The zero-order valence-electron chi connectivity index (χ0n) is 9.35. The highest BCUT2D eigenvalue weighted by Gasteiger charge is 1.91. The van der Waals surface area contributed by atoms with E-state index in [-0.39, 0.29) is 5.97 Å². The van der Waals surface area contributed by atoms with E-state index in [1.807, 2.05) is 24.7 Å². The molecule has 1 rings (SSSR count). The van der Waals surface area contributed by atoms with E-state index >= 15 is 0 Å². The first-order valence-corrected chi connectivity index (χ1v) is 4.91. The molecule has 4 nitrogen and oxygen atoms in total. The molecule has 0 N–H and O–H groups in total. The van der Waals surface area contributed by atoms with Gasteiger partial charge in [0.05, 0.1) is 12.9 Å². The number of carbonyl (C=O) groups is 1. The van der Waals surface area contributed by atoms with Crippen LogP contribution in [0.4, 0.5) is 0 Å². The van der Waals surface area contributed by atoms with E-state index in [0.29, 0.717) is 6.61 Å². The van der Waals surface area contributed by atoms with E-state index < -0.39 is 0 Å². The number of rotatable bonds is 4. The van der Waals surface area contributed by atoms with Crippen molar-refractivity contribution in [2.45, 2.75) is 19.8 Å². The number of hydrogen-bond acceptors (Lipinski definition) is 3. The summed E-state index contributed by atoms with van der Waals surface area (Å²) in [5.74, 6) is -0.330. The first-order valence-electron chi connectivity index (χ1n) is 4.91. The molecule has 0 bridgehead atoms. The van der Waals surface area contributed by atoms with Crippen LogP contribution >= 0.6 is 0 Å². The number of ether oxygens (including phenoxy) is 1. The van der Waals surface area contributed by atoms with Crippen LogP contribution < -0.4 is 0 Å². The topological polar surface area (TPSA) is 44.1 Å². The van der Waals surface area contributed by atoms with Gasteiger partial charge in [0.25, 0.3) is 0 Å². The second-order valence-corrected chi connectivity index (χ2v) is 2.95. The number of imidazole rings is 1. The molecule has 15 heavy (non-hydrogen) atoms. The van der Waals surface area contributed by atoms with Gasteiger partial charge in [-0.05, 0) is 6.42 Å². The highest BCUT2D eigenvalue weighted by Crippen LogP contribution is 1.88. The van der Waals surface area contributed by atoms with E-state index in [1.165, 1.54) is 6.08 Å². The lowest BCUT2D eigenvalue weighted by molar-refractivity contribution is -0.137. The molecule has 1 heterocycles. The Morgan fingerprint density at radius 2 is 2.40 bits per heavy atom. The Labute approximate surface area is 90.6 Å². The lowest BCUT2D eigenvalue weighted by Gasteiger charge is -1.97. The fraction of sp³-hybridized carbons (Fsp3) is 0.455. The van der Waals surface area contributed by atoms with Gasteiger partial charge >= 0.3 is 5.97 Å². The van der Waals surface area contributed by atoms with Crippen LogP contribution in [0.5, 0.6) is 0 Å². The smallest absolute Gasteiger partial charge is 0.330 e. The molecule has 0 spiro atoms. The third-order valence-corrected chi connectivity index (χ3v) is 1.55. The molecule has 0 aromatic carbocycles. The Morgan fingerprint density at radius 3 is 2.73 bits per heavy atom. The molecule has 0 fully saturated rings. The number of aryl methyl sites for hydroxylation is 1. The van der Waals surface area contributed by atoms with Crippen molar-refractivity contribution < 1.29 is 9.53 Å². The molecule has 0 amide bonds. The minimum Gasteiger partial charge on any atom is -0.463 e. The third kappa shape index (κ3) is 8.74. The van der Waals surface area contributed by atoms with Gasteiger partial charge in [-0.2, -0.15) is 0 Å². The molecule has 0 aliphatic heterocycles. The molecule has 0 saturated heterocycles. The van der Waals surface area contributed by atoms with E-state index in [0.717, 1.165) is 12.8 Å². The highest BCUT2D eigenvalue weighted by molar-refractivity contribution is 5.81. The van der Waals surface area contributed by atoms with Crippen molar-refractivity contribution in [1.29, 1.82) is 0 Å². The molecular formula is C11H18N2O2. The predicted molar refractivity (Wildman–Crippen MR) is 59.3 cm³/mol. The molecule has 84 valence electrons. The van der Waals surface area contributed by atoms with Gasteiger partial charge < -0.3 is 9.30 Å². The summed E-state index contributed by atoms with van der Waals surface area (Å²) in [4.78, 5) is 14.1. The van der Waals surface area contributed by atoms with Crippen molar-refractivity contribution in [2.24, 2.45) is 7.05 Å². The Morgan fingerprint density at radius 1 is 1.67 bits per heavy atom. The maximum Gasteiger partial charge on any atom is 0.330 e. The number of carbonyl (C=O) groups excluding carboxylic acids is 1. The number of aromatic nitrogens is 2. The van der Waals surface area contributed by atoms with Gasteiger partial charge in [-0.25, -0.2) is 9.78 Å². The Kier molecular flexibility index (Phi) is 8.05. The van der Waals surface area contributed by atoms with Crippen LogP contribution in [-0.4, -0.2) is 22.1 Å². The number of unbranched alkanes of at least 4 members (excludes halogenated alkanes) is 1. The van der Waals surface area contributed by atoms with Crippen molar-refractivity contribution >= 4 is 5.97 Å². The zero-order chi connectivity index (χ0) is 11.5. The van der Waals surface area contributed by atoms with E-state index in [2.05, 4.69) is 16.3 Å². The van der Waals surface area contributed by atoms with Crippen LogP contribution in [0.3, 0.4) is 0 Å². The molecule has 0 atom stereocenters. The third-order valence-electron chi connectivity index (χ3n) is 1.55. The summed E-state index contributed by atoms with van der Waals surface area (Å²) in [6, 6.07) is 0. The maximum absolute atomic E-state index is 10.3.